The van der Waals surface area contributed by atoms with E-state index < -0.39 is 0 Å². The third-order valence-corrected chi connectivity index (χ3v) is 4.64. The van der Waals surface area contributed by atoms with Crippen molar-refractivity contribution in [3.8, 4) is 12.3 Å². The van der Waals surface area contributed by atoms with E-state index in [1.807, 2.05) is 0 Å². The van der Waals surface area contributed by atoms with Gasteiger partial charge in [-0.25, -0.2) is 0 Å². The Morgan fingerprint density at radius 1 is 1.31 bits per heavy atom. The summed E-state index contributed by atoms with van der Waals surface area (Å²) in [4.78, 5) is 0. The van der Waals surface area contributed by atoms with E-state index >= 15 is 0 Å². The lowest BCUT2D eigenvalue weighted by molar-refractivity contribution is 0.414. The zero-order chi connectivity index (χ0) is 9.00. The highest BCUT2D eigenvalue weighted by Crippen LogP contribution is 2.70. The van der Waals surface area contributed by atoms with E-state index in [-0.39, 0.29) is 0 Å². The molecule has 1 heteroatoms. The molecule has 3 saturated carbocycles. The molecule has 3 fully saturated rings. The number of fused-ring (bicyclic) bond motifs is 5. The molecule has 5 atom stereocenters. The predicted octanol–water partition coefficient (Wildman–Crippen LogP) is 1.63. The fraction of sp³-hybridized carbons (Fsp3) is 0.833. The van der Waals surface area contributed by atoms with Crippen molar-refractivity contribution in [1.82, 2.24) is 0 Å². The third-order valence-electron chi connectivity index (χ3n) is 4.64. The molecule has 0 aliphatic heterocycles. The van der Waals surface area contributed by atoms with Crippen LogP contribution in [0.1, 0.15) is 25.7 Å². The molecule has 3 rings (SSSR count). The van der Waals surface area contributed by atoms with Gasteiger partial charge in [0.2, 0.25) is 0 Å². The van der Waals surface area contributed by atoms with Crippen molar-refractivity contribution in [2.75, 3.05) is 0 Å². The van der Waals surface area contributed by atoms with Crippen LogP contribution in [0.4, 0.5) is 0 Å². The molecule has 2 bridgehead atoms. The first-order valence-electron chi connectivity index (χ1n) is 5.52. The summed E-state index contributed by atoms with van der Waals surface area (Å²) in [5, 5.41) is 0. The van der Waals surface area contributed by atoms with Crippen LogP contribution in [0.15, 0.2) is 0 Å². The van der Waals surface area contributed by atoms with Gasteiger partial charge in [0.1, 0.15) is 0 Å². The van der Waals surface area contributed by atoms with E-state index in [2.05, 4.69) is 5.92 Å². The molecule has 0 heterocycles. The Bertz CT molecular complexity index is 249. The third kappa shape index (κ3) is 0.929. The van der Waals surface area contributed by atoms with Crippen LogP contribution in [0.2, 0.25) is 0 Å². The van der Waals surface area contributed by atoms with Crippen LogP contribution in [-0.4, -0.2) is 6.04 Å². The average molecular weight is 175 g/mol. The maximum absolute atomic E-state index is 6.09. The Morgan fingerprint density at radius 3 is 2.46 bits per heavy atom. The van der Waals surface area contributed by atoms with Crippen molar-refractivity contribution in [2.45, 2.75) is 31.7 Å². The van der Waals surface area contributed by atoms with Crippen molar-refractivity contribution >= 4 is 0 Å². The molecule has 0 radical (unpaired) electrons. The quantitative estimate of drug-likeness (QED) is 0.634. The summed E-state index contributed by atoms with van der Waals surface area (Å²) in [7, 11) is 0. The number of terminal acetylenes is 1. The smallest absolute Gasteiger partial charge is 0.0241 e. The average Bonchev–Trinajstić information content (AvgIpc) is 2.57. The fourth-order valence-corrected chi connectivity index (χ4v) is 4.24. The van der Waals surface area contributed by atoms with Crippen LogP contribution in [0, 0.1) is 41.9 Å². The first kappa shape index (κ1) is 7.88. The highest BCUT2D eigenvalue weighted by Gasteiger charge is 2.65. The summed E-state index contributed by atoms with van der Waals surface area (Å²) in [5.74, 6) is 7.55. The zero-order valence-electron chi connectivity index (χ0n) is 7.95. The second kappa shape index (κ2) is 2.51. The number of rotatable bonds is 2. The molecule has 2 N–H and O–H groups in total. The van der Waals surface area contributed by atoms with Gasteiger partial charge in [-0.15, -0.1) is 12.3 Å². The Morgan fingerprint density at radius 2 is 1.92 bits per heavy atom. The lowest BCUT2D eigenvalue weighted by atomic mass is 9.96. The van der Waals surface area contributed by atoms with Crippen LogP contribution in [-0.2, 0) is 0 Å². The summed E-state index contributed by atoms with van der Waals surface area (Å²) < 4.78 is 0. The molecule has 0 aromatic rings. The van der Waals surface area contributed by atoms with Crippen molar-refractivity contribution in [1.29, 1.82) is 0 Å². The molecule has 0 amide bonds. The molecule has 1 nitrogen and oxygen atoms in total. The topological polar surface area (TPSA) is 26.0 Å². The highest BCUT2D eigenvalue weighted by molar-refractivity contribution is 5.16. The second-order valence-corrected chi connectivity index (χ2v) is 5.14. The Labute approximate surface area is 80.1 Å². The minimum absolute atomic E-state index is 0.309. The predicted molar refractivity (Wildman–Crippen MR) is 52.7 cm³/mol. The first-order chi connectivity index (χ1) is 6.33. The normalized spacial score (nSPS) is 52.8. The molecular weight excluding hydrogens is 158 g/mol. The highest BCUT2D eigenvalue weighted by atomic mass is 14.8. The van der Waals surface area contributed by atoms with Crippen molar-refractivity contribution in [3.63, 3.8) is 0 Å². The van der Waals surface area contributed by atoms with Crippen LogP contribution >= 0.6 is 0 Å². The molecule has 0 aromatic heterocycles. The minimum atomic E-state index is 0.309. The number of hydrogen-bond donors (Lipinski definition) is 1. The Kier molecular flexibility index (Phi) is 1.52. The molecular formula is C12H17N. The summed E-state index contributed by atoms with van der Waals surface area (Å²) in [6, 6.07) is 0.309. The van der Waals surface area contributed by atoms with Crippen molar-refractivity contribution in [3.05, 3.63) is 0 Å². The molecule has 70 valence electrons. The van der Waals surface area contributed by atoms with Gasteiger partial charge in [0.05, 0.1) is 0 Å². The van der Waals surface area contributed by atoms with Gasteiger partial charge in [-0.1, -0.05) is 0 Å². The standard InChI is InChI=1S/C12H17N/c1-2-3-9(13)12-10-7-4-5-8(6-7)11(10)12/h1,7-12H,3-6,13H2. The molecule has 0 saturated heterocycles. The fourth-order valence-electron chi connectivity index (χ4n) is 4.24. The molecule has 13 heavy (non-hydrogen) atoms. The van der Waals surface area contributed by atoms with Crippen LogP contribution in [0.5, 0.6) is 0 Å². The van der Waals surface area contributed by atoms with Crippen molar-refractivity contribution < 1.29 is 0 Å². The summed E-state index contributed by atoms with van der Waals surface area (Å²) in [5.41, 5.74) is 6.09. The number of nitrogens with two attached hydrogens (primary N) is 1. The van der Waals surface area contributed by atoms with Gasteiger partial charge < -0.3 is 5.73 Å². The van der Waals surface area contributed by atoms with E-state index in [1.165, 1.54) is 19.3 Å². The van der Waals surface area contributed by atoms with Gasteiger partial charge >= 0.3 is 0 Å². The summed E-state index contributed by atoms with van der Waals surface area (Å²) in [6.07, 6.45) is 10.6. The monoisotopic (exact) mass is 175 g/mol. The van der Waals surface area contributed by atoms with E-state index in [9.17, 15) is 0 Å². The van der Waals surface area contributed by atoms with E-state index in [4.69, 9.17) is 12.2 Å². The Balaban J connectivity index is 1.70. The maximum atomic E-state index is 6.09. The van der Waals surface area contributed by atoms with Gasteiger partial charge in [0.25, 0.3) is 0 Å². The first-order valence-corrected chi connectivity index (χ1v) is 5.52. The lowest BCUT2D eigenvalue weighted by Crippen LogP contribution is -2.25. The number of hydrogen-bond acceptors (Lipinski definition) is 1. The summed E-state index contributed by atoms with van der Waals surface area (Å²) in [6.45, 7) is 0. The molecule has 5 unspecified atom stereocenters. The molecule has 3 aliphatic carbocycles. The minimum Gasteiger partial charge on any atom is -0.327 e. The molecule has 3 aliphatic rings. The van der Waals surface area contributed by atoms with Gasteiger partial charge in [0.15, 0.2) is 0 Å². The van der Waals surface area contributed by atoms with Crippen LogP contribution < -0.4 is 5.73 Å². The second-order valence-electron chi connectivity index (χ2n) is 5.14. The zero-order valence-corrected chi connectivity index (χ0v) is 7.95. The van der Waals surface area contributed by atoms with Crippen LogP contribution in [0.25, 0.3) is 0 Å². The van der Waals surface area contributed by atoms with Crippen LogP contribution in [0.3, 0.4) is 0 Å². The molecule has 0 spiro atoms. The maximum Gasteiger partial charge on any atom is 0.0241 e. The Hall–Kier alpha value is -0.480. The van der Waals surface area contributed by atoms with E-state index in [1.54, 1.807) is 0 Å². The van der Waals surface area contributed by atoms with Gasteiger partial charge in [-0.05, 0) is 48.9 Å². The van der Waals surface area contributed by atoms with E-state index in [0.29, 0.717) is 6.04 Å². The lowest BCUT2D eigenvalue weighted by Gasteiger charge is -2.13. The van der Waals surface area contributed by atoms with Gasteiger partial charge in [-0.2, -0.15) is 0 Å². The van der Waals surface area contributed by atoms with Gasteiger partial charge in [-0.3, -0.25) is 0 Å². The van der Waals surface area contributed by atoms with Crippen molar-refractivity contribution in [2.24, 2.45) is 35.3 Å². The SMILES string of the molecule is C#CCC(N)C1C2C3CCC(C3)C12. The largest absolute Gasteiger partial charge is 0.327 e. The summed E-state index contributed by atoms with van der Waals surface area (Å²) >= 11 is 0. The van der Waals surface area contributed by atoms with Gasteiger partial charge in [0, 0.05) is 12.5 Å². The molecule has 0 aromatic carbocycles. The van der Waals surface area contributed by atoms with E-state index in [0.717, 1.165) is 36.0 Å².